The van der Waals surface area contributed by atoms with E-state index in [1.807, 2.05) is 6.07 Å². The molecule has 1 amide bonds. The molecule has 1 saturated carbocycles. The van der Waals surface area contributed by atoms with Crippen molar-refractivity contribution in [2.45, 2.75) is 31.6 Å². The van der Waals surface area contributed by atoms with E-state index < -0.39 is 0 Å². The summed E-state index contributed by atoms with van der Waals surface area (Å²) in [5.74, 6) is 0.718. The Labute approximate surface area is 176 Å². The topological polar surface area (TPSA) is 36.4 Å². The number of anilines is 1. The first-order valence-electron chi connectivity index (χ1n) is 10.7. The second-order valence-corrected chi connectivity index (χ2v) is 9.23. The molecule has 29 heavy (non-hydrogen) atoms. The van der Waals surface area contributed by atoms with Crippen LogP contribution in [0.3, 0.4) is 0 Å². The van der Waals surface area contributed by atoms with Gasteiger partial charge in [0.15, 0.2) is 0 Å². The van der Waals surface area contributed by atoms with Gasteiger partial charge < -0.3 is 9.80 Å². The van der Waals surface area contributed by atoms with E-state index in [-0.39, 0.29) is 11.8 Å². The van der Waals surface area contributed by atoms with Crippen LogP contribution in [0, 0.1) is 5.92 Å². The Balaban J connectivity index is 1.30. The van der Waals surface area contributed by atoms with Crippen LogP contribution in [-0.2, 0) is 4.79 Å². The van der Waals surface area contributed by atoms with Crippen LogP contribution >= 0.6 is 11.3 Å². The van der Waals surface area contributed by atoms with Gasteiger partial charge in [-0.2, -0.15) is 0 Å². The minimum Gasteiger partial charge on any atom is -0.368 e. The molecule has 2 fully saturated rings. The van der Waals surface area contributed by atoms with Crippen LogP contribution in [0.2, 0.25) is 0 Å². The Morgan fingerprint density at radius 2 is 1.62 bits per heavy atom. The molecule has 4 nitrogen and oxygen atoms in total. The van der Waals surface area contributed by atoms with Gasteiger partial charge in [0.25, 0.3) is 0 Å². The van der Waals surface area contributed by atoms with E-state index in [1.54, 1.807) is 11.3 Å². The van der Waals surface area contributed by atoms with Gasteiger partial charge in [-0.25, -0.2) is 4.98 Å². The van der Waals surface area contributed by atoms with Crippen LogP contribution in [0.25, 0.3) is 10.2 Å². The van der Waals surface area contributed by atoms with Gasteiger partial charge in [-0.3, -0.25) is 4.79 Å². The average molecular weight is 406 g/mol. The van der Waals surface area contributed by atoms with Crippen LogP contribution in [0.5, 0.6) is 0 Å². The standard InChI is InChI=1S/C24H27N3OS/c28-24(27-16-14-26(15-17-27)18-8-2-1-3-9-18)20-11-5-4-10-19(20)23-25-21-12-6-7-13-22(21)29-23/h1-3,6-9,12-13,19-20H,4-5,10-11,14-17H2/t19-,20+/m1/s1. The average Bonchev–Trinajstić information content (AvgIpc) is 3.23. The predicted octanol–water partition coefficient (Wildman–Crippen LogP) is 4.92. The minimum atomic E-state index is 0.0904. The van der Waals surface area contributed by atoms with E-state index in [0.29, 0.717) is 5.91 Å². The second kappa shape index (κ2) is 8.15. The van der Waals surface area contributed by atoms with Crippen molar-refractivity contribution in [1.29, 1.82) is 0 Å². The zero-order chi connectivity index (χ0) is 19.6. The molecule has 1 aliphatic carbocycles. The van der Waals surface area contributed by atoms with E-state index in [0.717, 1.165) is 56.0 Å². The summed E-state index contributed by atoms with van der Waals surface area (Å²) in [6, 6.07) is 18.9. The molecule has 1 aliphatic heterocycles. The normalized spacial score (nSPS) is 22.8. The van der Waals surface area contributed by atoms with Crippen molar-refractivity contribution < 1.29 is 4.79 Å². The molecule has 2 heterocycles. The SMILES string of the molecule is O=C([C@H]1CCCC[C@H]1c1nc2ccccc2s1)N1CCN(c2ccccc2)CC1. The molecule has 5 rings (SSSR count). The molecular weight excluding hydrogens is 378 g/mol. The van der Waals surface area contributed by atoms with Gasteiger partial charge in [-0.15, -0.1) is 11.3 Å². The summed E-state index contributed by atoms with van der Waals surface area (Å²) in [7, 11) is 0. The molecule has 5 heteroatoms. The lowest BCUT2D eigenvalue weighted by Crippen LogP contribution is -2.51. The molecule has 0 N–H and O–H groups in total. The summed E-state index contributed by atoms with van der Waals surface area (Å²) in [6.45, 7) is 3.45. The molecule has 1 aromatic heterocycles. The van der Waals surface area contributed by atoms with E-state index in [2.05, 4.69) is 58.3 Å². The summed E-state index contributed by atoms with van der Waals surface area (Å²) in [6.07, 6.45) is 4.44. The quantitative estimate of drug-likeness (QED) is 0.621. The number of carbonyl (C=O) groups is 1. The lowest BCUT2D eigenvalue weighted by molar-refractivity contribution is -0.137. The van der Waals surface area contributed by atoms with Gasteiger partial charge in [0.05, 0.1) is 15.2 Å². The maximum Gasteiger partial charge on any atom is 0.226 e. The van der Waals surface area contributed by atoms with Crippen LogP contribution in [0.15, 0.2) is 54.6 Å². The number of carbonyl (C=O) groups excluding carboxylic acids is 1. The van der Waals surface area contributed by atoms with Crippen molar-refractivity contribution >= 4 is 33.1 Å². The Hall–Kier alpha value is -2.40. The van der Waals surface area contributed by atoms with Crippen molar-refractivity contribution in [2.75, 3.05) is 31.1 Å². The lowest BCUT2D eigenvalue weighted by Gasteiger charge is -2.39. The highest BCUT2D eigenvalue weighted by Crippen LogP contribution is 2.41. The van der Waals surface area contributed by atoms with Gasteiger partial charge >= 0.3 is 0 Å². The van der Waals surface area contributed by atoms with Gasteiger partial charge in [0.1, 0.15) is 0 Å². The van der Waals surface area contributed by atoms with E-state index >= 15 is 0 Å². The largest absolute Gasteiger partial charge is 0.368 e. The third-order valence-electron chi connectivity index (χ3n) is 6.42. The van der Waals surface area contributed by atoms with Crippen molar-refractivity contribution in [3.63, 3.8) is 0 Å². The van der Waals surface area contributed by atoms with Gasteiger partial charge in [0.2, 0.25) is 5.91 Å². The number of hydrogen-bond acceptors (Lipinski definition) is 4. The summed E-state index contributed by atoms with van der Waals surface area (Å²) in [5.41, 5.74) is 2.32. The number of piperazine rings is 1. The van der Waals surface area contributed by atoms with Crippen LogP contribution in [0.4, 0.5) is 5.69 Å². The summed E-state index contributed by atoms with van der Waals surface area (Å²) in [5, 5.41) is 1.16. The van der Waals surface area contributed by atoms with E-state index in [9.17, 15) is 4.79 Å². The molecule has 2 aliphatic rings. The highest BCUT2D eigenvalue weighted by molar-refractivity contribution is 7.18. The molecule has 1 saturated heterocycles. The van der Waals surface area contributed by atoms with E-state index in [4.69, 9.17) is 4.98 Å². The summed E-state index contributed by atoms with van der Waals surface area (Å²) >= 11 is 1.78. The molecule has 0 spiro atoms. The van der Waals surface area contributed by atoms with Crippen molar-refractivity contribution in [3.05, 3.63) is 59.6 Å². The Morgan fingerprint density at radius 3 is 2.41 bits per heavy atom. The minimum absolute atomic E-state index is 0.0904. The zero-order valence-electron chi connectivity index (χ0n) is 16.7. The van der Waals surface area contributed by atoms with Crippen LogP contribution < -0.4 is 4.90 Å². The third-order valence-corrected chi connectivity index (χ3v) is 7.59. The van der Waals surface area contributed by atoms with Gasteiger partial charge in [-0.05, 0) is 37.1 Å². The molecule has 0 radical (unpaired) electrons. The third kappa shape index (κ3) is 3.76. The number of rotatable bonds is 3. The Morgan fingerprint density at radius 1 is 0.897 bits per heavy atom. The highest BCUT2D eigenvalue weighted by Gasteiger charge is 2.37. The molecule has 0 unspecified atom stereocenters. The predicted molar refractivity (Wildman–Crippen MR) is 120 cm³/mol. The maximum absolute atomic E-state index is 13.5. The number of para-hydroxylation sites is 2. The molecular formula is C24H27N3OS. The smallest absolute Gasteiger partial charge is 0.226 e. The number of benzene rings is 2. The van der Waals surface area contributed by atoms with Crippen molar-refractivity contribution in [1.82, 2.24) is 9.88 Å². The maximum atomic E-state index is 13.5. The van der Waals surface area contributed by atoms with Gasteiger partial charge in [0, 0.05) is 43.7 Å². The van der Waals surface area contributed by atoms with Crippen LogP contribution in [0.1, 0.15) is 36.6 Å². The number of aromatic nitrogens is 1. The number of hydrogen-bond donors (Lipinski definition) is 0. The highest BCUT2D eigenvalue weighted by atomic mass is 32.1. The fourth-order valence-corrected chi connectivity index (χ4v) is 6.00. The fraction of sp³-hybridized carbons (Fsp3) is 0.417. The molecule has 150 valence electrons. The van der Waals surface area contributed by atoms with Gasteiger partial charge in [-0.1, -0.05) is 43.2 Å². The molecule has 3 aromatic rings. The summed E-state index contributed by atoms with van der Waals surface area (Å²) < 4.78 is 1.23. The van der Waals surface area contributed by atoms with Crippen molar-refractivity contribution in [3.8, 4) is 0 Å². The number of amides is 1. The number of nitrogens with zero attached hydrogens (tertiary/aromatic N) is 3. The Kier molecular flexibility index (Phi) is 5.23. The second-order valence-electron chi connectivity index (χ2n) is 8.17. The first kappa shape index (κ1) is 18.6. The van der Waals surface area contributed by atoms with Crippen LogP contribution in [-0.4, -0.2) is 42.0 Å². The van der Waals surface area contributed by atoms with Crippen molar-refractivity contribution in [2.24, 2.45) is 5.92 Å². The first-order valence-corrected chi connectivity index (χ1v) is 11.6. The van der Waals surface area contributed by atoms with E-state index in [1.165, 1.54) is 16.8 Å². The number of fused-ring (bicyclic) bond motifs is 1. The number of thiazole rings is 1. The molecule has 2 atom stereocenters. The zero-order valence-corrected chi connectivity index (χ0v) is 17.5. The fourth-order valence-electron chi connectivity index (χ4n) is 4.83. The lowest BCUT2D eigenvalue weighted by atomic mass is 9.78. The monoisotopic (exact) mass is 405 g/mol. The molecule has 2 aromatic carbocycles. The Bertz CT molecular complexity index is 945. The summed E-state index contributed by atoms with van der Waals surface area (Å²) in [4.78, 5) is 22.9. The molecule has 0 bridgehead atoms. The first-order chi connectivity index (χ1) is 14.3.